The predicted molar refractivity (Wildman–Crippen MR) is 125 cm³/mol. The standard InChI is InChI=1S/C24H25N2O3P/c27-24(28)19-23(18-20-10-4-1-5-11-20)30(29)25(21-12-6-2-7-13-21)16-17-26(30)22-14-8-3-9-15-22/h1-15,18,29-30H,16-17,19H2,(H,27,28)/b23-18-. The van der Waals surface area contributed by atoms with E-state index in [-0.39, 0.29) is 6.42 Å². The molecule has 30 heavy (non-hydrogen) atoms. The number of nitrogens with zero attached hydrogens (tertiary/aromatic N) is 2. The number of benzene rings is 3. The van der Waals surface area contributed by atoms with Crippen LogP contribution in [-0.4, -0.2) is 29.1 Å². The number of hydrogen-bond acceptors (Lipinski definition) is 4. The fraction of sp³-hybridized carbons (Fsp3) is 0.125. The summed E-state index contributed by atoms with van der Waals surface area (Å²) < 4.78 is 4.02. The minimum atomic E-state index is -3.55. The number of para-hydroxylation sites is 2. The van der Waals surface area contributed by atoms with E-state index in [4.69, 9.17) is 0 Å². The van der Waals surface area contributed by atoms with Crippen molar-refractivity contribution >= 4 is 31.2 Å². The van der Waals surface area contributed by atoms with Crippen molar-refractivity contribution in [2.45, 2.75) is 6.42 Å². The molecule has 0 spiro atoms. The Morgan fingerprint density at radius 3 is 1.67 bits per heavy atom. The van der Waals surface area contributed by atoms with E-state index >= 15 is 0 Å². The van der Waals surface area contributed by atoms with E-state index in [1.165, 1.54) is 0 Å². The molecule has 1 saturated heterocycles. The number of rotatable bonds is 6. The molecule has 1 fully saturated rings. The third kappa shape index (κ3) is 3.95. The van der Waals surface area contributed by atoms with E-state index in [1.807, 2.05) is 106 Å². The second-order valence-corrected chi connectivity index (χ2v) is 10.3. The first-order valence-electron chi connectivity index (χ1n) is 9.94. The summed E-state index contributed by atoms with van der Waals surface area (Å²) in [5.41, 5.74) is 2.67. The Morgan fingerprint density at radius 2 is 1.23 bits per heavy atom. The Morgan fingerprint density at radius 1 is 0.800 bits per heavy atom. The number of carbonyl (C=O) groups is 1. The van der Waals surface area contributed by atoms with E-state index < -0.39 is 13.8 Å². The first-order valence-corrected chi connectivity index (χ1v) is 11.8. The van der Waals surface area contributed by atoms with Gasteiger partial charge in [-0.1, -0.05) is 0 Å². The molecule has 1 aliphatic heterocycles. The van der Waals surface area contributed by atoms with Gasteiger partial charge in [-0.2, -0.15) is 0 Å². The van der Waals surface area contributed by atoms with Crippen LogP contribution >= 0.6 is 7.79 Å². The molecule has 0 radical (unpaired) electrons. The van der Waals surface area contributed by atoms with Crippen LogP contribution in [0.5, 0.6) is 0 Å². The summed E-state index contributed by atoms with van der Waals surface area (Å²) in [4.78, 5) is 24.2. The molecule has 0 aromatic heterocycles. The van der Waals surface area contributed by atoms with Crippen LogP contribution in [-0.2, 0) is 4.79 Å². The topological polar surface area (TPSA) is 64.0 Å². The Kier molecular flexibility index (Phi) is 5.84. The summed E-state index contributed by atoms with van der Waals surface area (Å²) >= 11 is 0. The van der Waals surface area contributed by atoms with Crippen LogP contribution in [0.3, 0.4) is 0 Å². The molecule has 154 valence electrons. The van der Waals surface area contributed by atoms with Crippen LogP contribution in [0, 0.1) is 0 Å². The van der Waals surface area contributed by atoms with Crippen molar-refractivity contribution in [3.63, 3.8) is 0 Å². The summed E-state index contributed by atoms with van der Waals surface area (Å²) in [5, 5.41) is 10.2. The third-order valence-electron chi connectivity index (χ3n) is 5.35. The van der Waals surface area contributed by atoms with Gasteiger partial charge in [0.05, 0.1) is 0 Å². The van der Waals surface area contributed by atoms with Gasteiger partial charge in [-0.05, 0) is 0 Å². The SMILES string of the molecule is O=C(O)C/C(=C/c1ccccc1)[PH]1(O)N(c2ccccc2)CCN1c1ccccc1. The fourth-order valence-corrected chi connectivity index (χ4v) is 7.59. The summed E-state index contributed by atoms with van der Waals surface area (Å²) in [6.07, 6.45) is 1.63. The van der Waals surface area contributed by atoms with Crippen LogP contribution in [0.2, 0.25) is 0 Å². The molecule has 0 aliphatic carbocycles. The average Bonchev–Trinajstić information content (AvgIpc) is 3.13. The maximum absolute atomic E-state index is 12.3. The van der Waals surface area contributed by atoms with E-state index in [9.17, 15) is 14.8 Å². The third-order valence-corrected chi connectivity index (χ3v) is 9.00. The molecule has 6 heteroatoms. The van der Waals surface area contributed by atoms with E-state index in [0.29, 0.717) is 18.4 Å². The van der Waals surface area contributed by atoms with Gasteiger partial charge in [0, 0.05) is 0 Å². The first kappa shape index (κ1) is 20.1. The molecule has 3 aromatic carbocycles. The molecule has 1 heterocycles. The Labute approximate surface area is 177 Å². The van der Waals surface area contributed by atoms with Crippen LogP contribution < -0.4 is 9.34 Å². The Balaban J connectivity index is 1.88. The quantitative estimate of drug-likeness (QED) is 0.549. The molecule has 1 aliphatic rings. The van der Waals surface area contributed by atoms with Crippen molar-refractivity contribution in [1.29, 1.82) is 0 Å². The molecule has 0 saturated carbocycles. The molecule has 0 unspecified atom stereocenters. The first-order chi connectivity index (χ1) is 14.6. The van der Waals surface area contributed by atoms with Crippen LogP contribution in [0.4, 0.5) is 11.4 Å². The van der Waals surface area contributed by atoms with Crippen LogP contribution in [0.1, 0.15) is 12.0 Å². The predicted octanol–water partition coefficient (Wildman–Crippen LogP) is 5.02. The van der Waals surface area contributed by atoms with Gasteiger partial charge in [-0.25, -0.2) is 0 Å². The molecular weight excluding hydrogens is 395 g/mol. The van der Waals surface area contributed by atoms with Gasteiger partial charge < -0.3 is 0 Å². The van der Waals surface area contributed by atoms with Crippen molar-refractivity contribution in [2.75, 3.05) is 22.4 Å². The van der Waals surface area contributed by atoms with Crippen molar-refractivity contribution in [2.24, 2.45) is 0 Å². The fourth-order valence-electron chi connectivity index (χ4n) is 4.02. The van der Waals surface area contributed by atoms with Crippen molar-refractivity contribution in [3.05, 3.63) is 102 Å². The van der Waals surface area contributed by atoms with Crippen molar-refractivity contribution < 1.29 is 14.8 Å². The van der Waals surface area contributed by atoms with Gasteiger partial charge in [0.1, 0.15) is 0 Å². The number of aliphatic carboxylic acids is 1. The Bertz CT molecular complexity index is 979. The molecule has 5 nitrogen and oxygen atoms in total. The average molecular weight is 420 g/mol. The zero-order valence-corrected chi connectivity index (χ0v) is 17.6. The van der Waals surface area contributed by atoms with E-state index in [0.717, 1.165) is 16.9 Å². The molecule has 2 N–H and O–H groups in total. The normalized spacial score (nSPS) is 17.0. The zero-order valence-electron chi connectivity index (χ0n) is 16.6. The summed E-state index contributed by atoms with van der Waals surface area (Å²) in [6.45, 7) is 1.24. The van der Waals surface area contributed by atoms with Gasteiger partial charge >= 0.3 is 177 Å². The number of carboxylic acids is 1. The number of carboxylic acid groups (broad SMARTS) is 1. The summed E-state index contributed by atoms with van der Waals surface area (Å²) in [6, 6.07) is 29.1. The molecule has 3 aromatic rings. The van der Waals surface area contributed by atoms with Crippen LogP contribution in [0.25, 0.3) is 6.08 Å². The number of hydrogen-bond donors (Lipinski definition) is 2. The van der Waals surface area contributed by atoms with Crippen molar-refractivity contribution in [3.8, 4) is 0 Å². The molecule has 0 amide bonds. The Hall–Kier alpha value is -3.14. The second kappa shape index (κ2) is 8.70. The second-order valence-electron chi connectivity index (χ2n) is 7.26. The summed E-state index contributed by atoms with van der Waals surface area (Å²) in [7, 11) is -3.55. The minimum absolute atomic E-state index is 0.218. The molecular formula is C24H25N2O3P. The molecule has 0 bridgehead atoms. The molecule has 4 rings (SSSR count). The summed E-state index contributed by atoms with van der Waals surface area (Å²) in [5.74, 6) is -0.953. The van der Waals surface area contributed by atoms with Gasteiger partial charge in [0.2, 0.25) is 0 Å². The van der Waals surface area contributed by atoms with Gasteiger partial charge in [-0.15, -0.1) is 0 Å². The number of anilines is 2. The monoisotopic (exact) mass is 420 g/mol. The van der Waals surface area contributed by atoms with Gasteiger partial charge in [-0.3, -0.25) is 0 Å². The van der Waals surface area contributed by atoms with Gasteiger partial charge in [0.25, 0.3) is 0 Å². The zero-order chi connectivity index (χ0) is 21.0. The van der Waals surface area contributed by atoms with E-state index in [2.05, 4.69) is 0 Å². The maximum atomic E-state index is 12.3. The van der Waals surface area contributed by atoms with Crippen LogP contribution in [0.15, 0.2) is 96.3 Å². The van der Waals surface area contributed by atoms with E-state index in [1.54, 1.807) is 0 Å². The molecule has 0 atom stereocenters. The van der Waals surface area contributed by atoms with Gasteiger partial charge in [0.15, 0.2) is 0 Å². The van der Waals surface area contributed by atoms with Crippen molar-refractivity contribution in [1.82, 2.24) is 0 Å².